The van der Waals surface area contributed by atoms with Crippen LogP contribution in [0.4, 0.5) is 13.2 Å². The van der Waals surface area contributed by atoms with Crippen LogP contribution in [0.3, 0.4) is 0 Å². The van der Waals surface area contributed by atoms with Crippen LogP contribution in [0.1, 0.15) is 17.7 Å². The van der Waals surface area contributed by atoms with Crippen molar-refractivity contribution in [1.29, 1.82) is 0 Å². The molecule has 0 bridgehead atoms. The largest absolute Gasteiger partial charge is 0.418 e. The number of halogens is 5. The highest BCUT2D eigenvalue weighted by Crippen LogP contribution is 2.40. The van der Waals surface area contributed by atoms with Gasteiger partial charge in [0, 0.05) is 30.0 Å². The molecule has 3 nitrogen and oxygen atoms in total. The van der Waals surface area contributed by atoms with Crippen molar-refractivity contribution in [2.45, 2.75) is 19.0 Å². The van der Waals surface area contributed by atoms with E-state index in [1.54, 1.807) is 12.3 Å². The zero-order valence-electron chi connectivity index (χ0n) is 14.0. The maximum absolute atomic E-state index is 13.5. The molecule has 2 heterocycles. The van der Waals surface area contributed by atoms with Crippen molar-refractivity contribution in [1.82, 2.24) is 9.47 Å². The number of rotatable bonds is 5. The lowest BCUT2D eigenvalue weighted by Gasteiger charge is -2.26. The molecule has 0 unspecified atom stereocenters. The van der Waals surface area contributed by atoms with E-state index in [1.807, 2.05) is 6.07 Å². The summed E-state index contributed by atoms with van der Waals surface area (Å²) in [5.74, 6) is 0. The summed E-state index contributed by atoms with van der Waals surface area (Å²) in [6, 6.07) is 5.81. The smallest absolute Gasteiger partial charge is 0.379 e. The van der Waals surface area contributed by atoms with Crippen LogP contribution in [0.25, 0.3) is 5.69 Å². The van der Waals surface area contributed by atoms with Gasteiger partial charge in [-0.1, -0.05) is 23.2 Å². The van der Waals surface area contributed by atoms with E-state index in [4.69, 9.17) is 27.9 Å². The van der Waals surface area contributed by atoms with Crippen molar-refractivity contribution in [2.24, 2.45) is 0 Å². The summed E-state index contributed by atoms with van der Waals surface area (Å²) >= 11 is 11.9. The van der Waals surface area contributed by atoms with E-state index >= 15 is 0 Å². The summed E-state index contributed by atoms with van der Waals surface area (Å²) in [7, 11) is 0. The molecule has 1 saturated heterocycles. The molecule has 0 radical (unpaired) electrons. The van der Waals surface area contributed by atoms with Crippen LogP contribution >= 0.6 is 23.2 Å². The van der Waals surface area contributed by atoms with E-state index in [1.165, 1.54) is 10.6 Å². The maximum atomic E-state index is 13.5. The van der Waals surface area contributed by atoms with Crippen LogP contribution in [0.2, 0.25) is 10.0 Å². The van der Waals surface area contributed by atoms with Crippen molar-refractivity contribution >= 4 is 23.2 Å². The van der Waals surface area contributed by atoms with E-state index in [2.05, 4.69) is 4.90 Å². The van der Waals surface area contributed by atoms with Gasteiger partial charge in [0.15, 0.2) is 0 Å². The molecule has 8 heteroatoms. The summed E-state index contributed by atoms with van der Waals surface area (Å²) < 4.78 is 47.3. The molecule has 0 spiro atoms. The molecule has 26 heavy (non-hydrogen) atoms. The lowest BCUT2D eigenvalue weighted by molar-refractivity contribution is -0.137. The van der Waals surface area contributed by atoms with E-state index in [0.717, 1.165) is 51.0 Å². The van der Waals surface area contributed by atoms with Gasteiger partial charge in [0.1, 0.15) is 0 Å². The molecule has 1 aliphatic rings. The number of hydrogen-bond donors (Lipinski definition) is 0. The van der Waals surface area contributed by atoms with Gasteiger partial charge in [-0.05, 0) is 43.7 Å². The van der Waals surface area contributed by atoms with Crippen LogP contribution in [-0.2, 0) is 17.3 Å². The minimum Gasteiger partial charge on any atom is -0.379 e. The molecule has 3 rings (SSSR count). The number of aromatic nitrogens is 1. The first kappa shape index (κ1) is 19.5. The molecule has 2 aromatic rings. The van der Waals surface area contributed by atoms with E-state index in [9.17, 15) is 13.2 Å². The van der Waals surface area contributed by atoms with Crippen LogP contribution in [-0.4, -0.2) is 42.3 Å². The molecule has 1 aromatic heterocycles. The van der Waals surface area contributed by atoms with Crippen LogP contribution < -0.4 is 0 Å². The summed E-state index contributed by atoms with van der Waals surface area (Å²) in [6.07, 6.45) is -1.44. The molecule has 1 aromatic carbocycles. The van der Waals surface area contributed by atoms with Gasteiger partial charge in [-0.25, -0.2) is 0 Å². The SMILES string of the molecule is FC(F)(F)c1cc(Cl)cc(Cl)c1-n1cccc1CCCN1CCOCC1. The normalized spacial score (nSPS) is 16.2. The Morgan fingerprint density at radius 2 is 1.85 bits per heavy atom. The summed E-state index contributed by atoms with van der Waals surface area (Å²) in [6.45, 7) is 4.12. The van der Waals surface area contributed by atoms with Crippen LogP contribution in [0, 0.1) is 0 Å². The molecule has 0 saturated carbocycles. The summed E-state index contributed by atoms with van der Waals surface area (Å²) in [5.41, 5.74) is -0.122. The quantitative estimate of drug-likeness (QED) is 0.689. The summed E-state index contributed by atoms with van der Waals surface area (Å²) in [5, 5.41) is -0.0532. The number of aryl methyl sites for hydroxylation is 1. The fraction of sp³-hybridized carbons (Fsp3) is 0.444. The first-order valence-electron chi connectivity index (χ1n) is 8.39. The van der Waals surface area contributed by atoms with Gasteiger partial charge in [0.25, 0.3) is 0 Å². The predicted octanol–water partition coefficient (Wildman–Crippen LogP) is 5.07. The minimum atomic E-state index is -4.54. The number of alkyl halides is 3. The van der Waals surface area contributed by atoms with Gasteiger partial charge in [-0.15, -0.1) is 0 Å². The maximum Gasteiger partial charge on any atom is 0.418 e. The monoisotopic (exact) mass is 406 g/mol. The zero-order chi connectivity index (χ0) is 18.7. The van der Waals surface area contributed by atoms with Gasteiger partial charge in [0.2, 0.25) is 0 Å². The molecule has 142 valence electrons. The number of morpholine rings is 1. The van der Waals surface area contributed by atoms with Gasteiger partial charge in [0.05, 0.1) is 29.5 Å². The van der Waals surface area contributed by atoms with Gasteiger partial charge in [-0.3, -0.25) is 4.90 Å². The second-order valence-corrected chi connectivity index (χ2v) is 7.05. The van der Waals surface area contributed by atoms with Crippen molar-refractivity contribution < 1.29 is 17.9 Å². The second kappa shape index (κ2) is 8.21. The van der Waals surface area contributed by atoms with Crippen molar-refractivity contribution in [3.05, 3.63) is 51.8 Å². The molecule has 0 N–H and O–H groups in total. The first-order chi connectivity index (χ1) is 12.4. The second-order valence-electron chi connectivity index (χ2n) is 6.21. The number of hydrogen-bond acceptors (Lipinski definition) is 2. The van der Waals surface area contributed by atoms with Gasteiger partial charge >= 0.3 is 6.18 Å². The zero-order valence-corrected chi connectivity index (χ0v) is 15.5. The van der Waals surface area contributed by atoms with E-state index < -0.39 is 11.7 Å². The third-order valence-corrected chi connectivity index (χ3v) is 4.92. The topological polar surface area (TPSA) is 17.4 Å². The molecule has 1 aliphatic heterocycles. The highest BCUT2D eigenvalue weighted by molar-refractivity contribution is 6.36. The standard InChI is InChI=1S/C18H19Cl2F3N2O/c19-13-11-15(18(21,22)23)17(16(20)12-13)25-6-2-4-14(25)3-1-5-24-7-9-26-10-8-24/h2,4,6,11-12H,1,3,5,7-10H2. The molecular weight excluding hydrogens is 388 g/mol. The Bertz CT molecular complexity index is 755. The van der Waals surface area contributed by atoms with Gasteiger partial charge in [-0.2, -0.15) is 13.2 Å². The Morgan fingerprint density at radius 3 is 2.54 bits per heavy atom. The fourth-order valence-electron chi connectivity index (χ4n) is 3.17. The molecule has 0 amide bonds. The lowest BCUT2D eigenvalue weighted by atomic mass is 10.1. The molecule has 0 atom stereocenters. The molecular formula is C18H19Cl2F3N2O. The highest BCUT2D eigenvalue weighted by Gasteiger charge is 2.36. The van der Waals surface area contributed by atoms with Crippen molar-refractivity contribution in [3.8, 4) is 5.69 Å². The predicted molar refractivity (Wildman–Crippen MR) is 96.4 cm³/mol. The minimum absolute atomic E-state index is 0.0181. The van der Waals surface area contributed by atoms with Crippen LogP contribution in [0.15, 0.2) is 30.5 Å². The van der Waals surface area contributed by atoms with Crippen molar-refractivity contribution in [2.75, 3.05) is 32.8 Å². The molecule has 1 fully saturated rings. The highest BCUT2D eigenvalue weighted by atomic mass is 35.5. The Hall–Kier alpha value is -1.21. The van der Waals surface area contributed by atoms with Crippen molar-refractivity contribution in [3.63, 3.8) is 0 Å². The van der Waals surface area contributed by atoms with E-state index in [0.29, 0.717) is 6.42 Å². The Morgan fingerprint density at radius 1 is 1.12 bits per heavy atom. The number of ether oxygens (including phenoxy) is 1. The Balaban J connectivity index is 1.82. The third kappa shape index (κ3) is 4.55. The van der Waals surface area contributed by atoms with Crippen LogP contribution in [0.5, 0.6) is 0 Å². The molecule has 0 aliphatic carbocycles. The van der Waals surface area contributed by atoms with Gasteiger partial charge < -0.3 is 9.30 Å². The Kier molecular flexibility index (Phi) is 6.17. The number of benzene rings is 1. The fourth-order valence-corrected chi connectivity index (χ4v) is 3.76. The van der Waals surface area contributed by atoms with E-state index in [-0.39, 0.29) is 15.7 Å². The average Bonchev–Trinajstić information content (AvgIpc) is 3.02. The first-order valence-corrected chi connectivity index (χ1v) is 9.15. The third-order valence-electron chi connectivity index (χ3n) is 4.42. The summed E-state index contributed by atoms with van der Waals surface area (Å²) in [4.78, 5) is 2.30. The Labute approximate surface area is 160 Å². The lowest BCUT2D eigenvalue weighted by Crippen LogP contribution is -2.37. The number of nitrogens with zero attached hydrogens (tertiary/aromatic N) is 2. The average molecular weight is 407 g/mol.